The summed E-state index contributed by atoms with van der Waals surface area (Å²) < 4.78 is 0. The molecule has 4 unspecified atom stereocenters. The number of hydrogen-bond acceptors (Lipinski definition) is 2. The largest absolute Gasteiger partial charge is 0.480 e. The standard InChI is InChI=1S/C14H17NO2/c15-14(13(16)17)11-7-6-10(8-11)12(14)9-4-2-1-3-5-9/h1-5,10-12H,6-8,15H2,(H,16,17). The highest BCUT2D eigenvalue weighted by molar-refractivity contribution is 5.81. The molecule has 2 aliphatic rings. The van der Waals surface area contributed by atoms with Crippen molar-refractivity contribution in [1.29, 1.82) is 0 Å². The van der Waals surface area contributed by atoms with Crippen molar-refractivity contribution in [3.05, 3.63) is 35.9 Å². The predicted molar refractivity (Wildman–Crippen MR) is 64.6 cm³/mol. The quantitative estimate of drug-likeness (QED) is 0.818. The maximum Gasteiger partial charge on any atom is 0.324 e. The summed E-state index contributed by atoms with van der Waals surface area (Å²) >= 11 is 0. The van der Waals surface area contributed by atoms with Crippen molar-refractivity contribution >= 4 is 5.97 Å². The molecule has 0 heterocycles. The van der Waals surface area contributed by atoms with Crippen molar-refractivity contribution in [3.63, 3.8) is 0 Å². The van der Waals surface area contributed by atoms with Gasteiger partial charge in [-0.05, 0) is 36.7 Å². The molecule has 1 aromatic rings. The lowest BCUT2D eigenvalue weighted by Gasteiger charge is -2.37. The number of carboxylic acid groups (broad SMARTS) is 1. The van der Waals surface area contributed by atoms with Crippen LogP contribution in [0.3, 0.4) is 0 Å². The van der Waals surface area contributed by atoms with Gasteiger partial charge >= 0.3 is 5.97 Å². The van der Waals surface area contributed by atoms with Crippen LogP contribution in [0.25, 0.3) is 0 Å². The molecule has 0 aromatic heterocycles. The van der Waals surface area contributed by atoms with Crippen molar-refractivity contribution < 1.29 is 9.90 Å². The summed E-state index contributed by atoms with van der Waals surface area (Å²) in [6, 6.07) is 9.90. The molecule has 0 aliphatic heterocycles. The van der Waals surface area contributed by atoms with Crippen LogP contribution < -0.4 is 5.73 Å². The van der Waals surface area contributed by atoms with E-state index in [9.17, 15) is 9.90 Å². The molecule has 90 valence electrons. The lowest BCUT2D eigenvalue weighted by molar-refractivity contribution is -0.146. The molecule has 3 heteroatoms. The third-order valence-electron chi connectivity index (χ3n) is 4.66. The highest BCUT2D eigenvalue weighted by atomic mass is 16.4. The zero-order chi connectivity index (χ0) is 12.0. The van der Waals surface area contributed by atoms with Crippen LogP contribution >= 0.6 is 0 Å². The van der Waals surface area contributed by atoms with Crippen LogP contribution in [-0.4, -0.2) is 16.6 Å². The number of nitrogens with two attached hydrogens (primary N) is 1. The molecule has 2 aliphatic carbocycles. The van der Waals surface area contributed by atoms with Gasteiger partial charge in [0.1, 0.15) is 5.54 Å². The van der Waals surface area contributed by atoms with Gasteiger partial charge in [-0.3, -0.25) is 4.79 Å². The van der Waals surface area contributed by atoms with Crippen molar-refractivity contribution in [2.24, 2.45) is 17.6 Å². The number of carbonyl (C=O) groups is 1. The second-order valence-corrected chi connectivity index (χ2v) is 5.40. The van der Waals surface area contributed by atoms with Crippen molar-refractivity contribution in [3.8, 4) is 0 Å². The molecular weight excluding hydrogens is 214 g/mol. The van der Waals surface area contributed by atoms with Gasteiger partial charge in [0.15, 0.2) is 0 Å². The second-order valence-electron chi connectivity index (χ2n) is 5.40. The molecular formula is C14H17NO2. The molecule has 3 rings (SSSR count). The minimum Gasteiger partial charge on any atom is -0.480 e. The number of benzene rings is 1. The van der Waals surface area contributed by atoms with Crippen LogP contribution in [0.4, 0.5) is 0 Å². The molecule has 17 heavy (non-hydrogen) atoms. The van der Waals surface area contributed by atoms with E-state index in [2.05, 4.69) is 0 Å². The smallest absolute Gasteiger partial charge is 0.324 e. The third kappa shape index (κ3) is 1.35. The Hall–Kier alpha value is -1.35. The van der Waals surface area contributed by atoms with Gasteiger partial charge in [-0.15, -0.1) is 0 Å². The van der Waals surface area contributed by atoms with Gasteiger partial charge in [0, 0.05) is 5.92 Å². The van der Waals surface area contributed by atoms with E-state index >= 15 is 0 Å². The maximum atomic E-state index is 11.6. The molecule has 4 atom stereocenters. The molecule has 0 amide bonds. The summed E-state index contributed by atoms with van der Waals surface area (Å²) in [5, 5.41) is 9.50. The Morgan fingerprint density at radius 2 is 2.00 bits per heavy atom. The Balaban J connectivity index is 2.06. The highest BCUT2D eigenvalue weighted by Crippen LogP contribution is 2.57. The van der Waals surface area contributed by atoms with Crippen LogP contribution in [0.1, 0.15) is 30.7 Å². The van der Waals surface area contributed by atoms with E-state index in [4.69, 9.17) is 5.73 Å². The van der Waals surface area contributed by atoms with E-state index in [1.165, 1.54) is 0 Å². The minimum atomic E-state index is -1.05. The molecule has 0 radical (unpaired) electrons. The average molecular weight is 231 g/mol. The Morgan fingerprint density at radius 1 is 1.29 bits per heavy atom. The van der Waals surface area contributed by atoms with Crippen molar-refractivity contribution in [2.75, 3.05) is 0 Å². The first kappa shape index (κ1) is 10.8. The lowest BCUT2D eigenvalue weighted by Crippen LogP contribution is -2.56. The summed E-state index contributed by atoms with van der Waals surface area (Å²) in [7, 11) is 0. The summed E-state index contributed by atoms with van der Waals surface area (Å²) in [6.45, 7) is 0. The Kier molecular flexibility index (Phi) is 2.26. The van der Waals surface area contributed by atoms with Crippen LogP contribution in [0.2, 0.25) is 0 Å². The van der Waals surface area contributed by atoms with Gasteiger partial charge in [-0.1, -0.05) is 30.3 Å². The van der Waals surface area contributed by atoms with E-state index in [1.54, 1.807) is 0 Å². The summed E-state index contributed by atoms with van der Waals surface area (Å²) in [6.07, 6.45) is 3.07. The minimum absolute atomic E-state index is 0.0139. The monoisotopic (exact) mass is 231 g/mol. The van der Waals surface area contributed by atoms with Crippen molar-refractivity contribution in [1.82, 2.24) is 0 Å². The lowest BCUT2D eigenvalue weighted by atomic mass is 9.70. The van der Waals surface area contributed by atoms with Gasteiger partial charge in [0.25, 0.3) is 0 Å². The van der Waals surface area contributed by atoms with Gasteiger partial charge in [0.05, 0.1) is 0 Å². The summed E-state index contributed by atoms with van der Waals surface area (Å²) in [4.78, 5) is 11.6. The maximum absolute atomic E-state index is 11.6. The number of fused-ring (bicyclic) bond motifs is 2. The first-order chi connectivity index (χ1) is 8.14. The molecule has 3 N–H and O–H groups in total. The zero-order valence-electron chi connectivity index (χ0n) is 9.67. The number of aliphatic carboxylic acids is 1. The molecule has 0 spiro atoms. The van der Waals surface area contributed by atoms with Crippen LogP contribution in [0, 0.1) is 11.8 Å². The van der Waals surface area contributed by atoms with Crippen LogP contribution in [0.5, 0.6) is 0 Å². The second kappa shape index (κ2) is 3.57. The Bertz CT molecular complexity index is 445. The topological polar surface area (TPSA) is 63.3 Å². The van der Waals surface area contributed by atoms with E-state index < -0.39 is 11.5 Å². The molecule has 2 saturated carbocycles. The third-order valence-corrected chi connectivity index (χ3v) is 4.66. The van der Waals surface area contributed by atoms with Gasteiger partial charge < -0.3 is 10.8 Å². The van der Waals surface area contributed by atoms with Gasteiger partial charge in [0.2, 0.25) is 0 Å². The molecule has 1 aromatic carbocycles. The molecule has 0 saturated heterocycles. The van der Waals surface area contributed by atoms with Gasteiger partial charge in [-0.2, -0.15) is 0 Å². The van der Waals surface area contributed by atoms with Crippen molar-refractivity contribution in [2.45, 2.75) is 30.7 Å². The summed E-state index contributed by atoms with van der Waals surface area (Å²) in [5.41, 5.74) is 6.30. The average Bonchev–Trinajstić information content (AvgIpc) is 2.89. The molecule has 3 nitrogen and oxygen atoms in total. The Labute approximate surface area is 101 Å². The first-order valence-corrected chi connectivity index (χ1v) is 6.21. The molecule has 2 bridgehead atoms. The predicted octanol–water partition coefficient (Wildman–Crippen LogP) is 1.98. The van der Waals surface area contributed by atoms with E-state index in [0.717, 1.165) is 24.8 Å². The normalized spacial score (nSPS) is 39.5. The van der Waals surface area contributed by atoms with Crippen LogP contribution in [0.15, 0.2) is 30.3 Å². The number of rotatable bonds is 2. The molecule has 2 fully saturated rings. The Morgan fingerprint density at radius 3 is 2.65 bits per heavy atom. The summed E-state index contributed by atoms with van der Waals surface area (Å²) in [5.74, 6) is -0.253. The zero-order valence-corrected chi connectivity index (χ0v) is 9.67. The van der Waals surface area contributed by atoms with E-state index in [0.29, 0.717) is 5.92 Å². The van der Waals surface area contributed by atoms with E-state index in [-0.39, 0.29) is 11.8 Å². The van der Waals surface area contributed by atoms with E-state index in [1.807, 2.05) is 30.3 Å². The fraction of sp³-hybridized carbons (Fsp3) is 0.500. The SMILES string of the molecule is NC1(C(=O)O)C2CCC(C2)C1c1ccccc1. The highest BCUT2D eigenvalue weighted by Gasteiger charge is 2.60. The van der Waals surface area contributed by atoms with Gasteiger partial charge in [-0.25, -0.2) is 0 Å². The fourth-order valence-corrected chi connectivity index (χ4v) is 3.91. The first-order valence-electron chi connectivity index (χ1n) is 6.21. The number of carboxylic acids is 1. The van der Waals surface area contributed by atoms with Crippen LogP contribution in [-0.2, 0) is 4.79 Å². The number of hydrogen-bond donors (Lipinski definition) is 2. The fourth-order valence-electron chi connectivity index (χ4n) is 3.91.